The standard InChI is InChI=1S/C16H14N2O2S/c19-16(11-7-9-20-10-11)18-8-3-5-13(18)15-17-12-4-1-2-6-14(12)21-15/h1-2,4,6-7,9-10,13H,3,5,8H2/t13-/m1/s1. The van der Waals surface area contributed by atoms with Crippen molar-refractivity contribution in [1.29, 1.82) is 0 Å². The highest BCUT2D eigenvalue weighted by molar-refractivity contribution is 7.18. The number of furan rings is 1. The van der Waals surface area contributed by atoms with Crippen LogP contribution in [0, 0.1) is 0 Å². The third-order valence-electron chi connectivity index (χ3n) is 3.88. The average Bonchev–Trinajstić information content (AvgIpc) is 3.24. The summed E-state index contributed by atoms with van der Waals surface area (Å²) in [4.78, 5) is 19.2. The molecule has 106 valence electrons. The lowest BCUT2D eigenvalue weighted by atomic mass is 10.2. The molecular formula is C16H14N2O2S. The predicted octanol–water partition coefficient (Wildman–Crippen LogP) is 3.87. The molecule has 3 heterocycles. The van der Waals surface area contributed by atoms with Gasteiger partial charge in [0.25, 0.3) is 5.91 Å². The largest absolute Gasteiger partial charge is 0.472 e. The summed E-state index contributed by atoms with van der Waals surface area (Å²) in [5, 5.41) is 1.03. The van der Waals surface area contributed by atoms with Crippen LogP contribution >= 0.6 is 11.3 Å². The zero-order valence-corrected chi connectivity index (χ0v) is 12.2. The molecule has 0 N–H and O–H groups in total. The minimum atomic E-state index is 0.0329. The van der Waals surface area contributed by atoms with E-state index in [9.17, 15) is 4.79 Å². The van der Waals surface area contributed by atoms with Crippen molar-refractivity contribution < 1.29 is 9.21 Å². The Kier molecular flexibility index (Phi) is 3.00. The number of hydrogen-bond acceptors (Lipinski definition) is 4. The molecule has 0 unspecified atom stereocenters. The van der Waals surface area contributed by atoms with Gasteiger partial charge < -0.3 is 9.32 Å². The summed E-state index contributed by atoms with van der Waals surface area (Å²) in [6.07, 6.45) is 5.04. The molecule has 0 bridgehead atoms. The number of likely N-dealkylation sites (tertiary alicyclic amines) is 1. The molecule has 4 rings (SSSR count). The van der Waals surface area contributed by atoms with Crippen molar-refractivity contribution in [2.24, 2.45) is 0 Å². The van der Waals surface area contributed by atoms with Crippen LogP contribution in [0.5, 0.6) is 0 Å². The molecular weight excluding hydrogens is 284 g/mol. The summed E-state index contributed by atoms with van der Waals surface area (Å²) in [7, 11) is 0. The van der Waals surface area contributed by atoms with E-state index in [1.54, 1.807) is 17.4 Å². The summed E-state index contributed by atoms with van der Waals surface area (Å²) in [5.41, 5.74) is 1.63. The number of para-hydroxylation sites is 1. The average molecular weight is 298 g/mol. The van der Waals surface area contributed by atoms with E-state index in [1.165, 1.54) is 17.2 Å². The Hall–Kier alpha value is -2.14. The Bertz CT molecular complexity index is 746. The third kappa shape index (κ3) is 2.14. The number of nitrogens with zero attached hydrogens (tertiary/aromatic N) is 2. The van der Waals surface area contributed by atoms with Gasteiger partial charge in [0, 0.05) is 6.54 Å². The molecule has 1 aliphatic heterocycles. The number of rotatable bonds is 2. The summed E-state index contributed by atoms with van der Waals surface area (Å²) in [6, 6.07) is 9.92. The molecule has 5 heteroatoms. The van der Waals surface area contributed by atoms with Crippen LogP contribution in [0.2, 0.25) is 0 Å². The van der Waals surface area contributed by atoms with Crippen LogP contribution in [-0.2, 0) is 0 Å². The lowest BCUT2D eigenvalue weighted by Crippen LogP contribution is -2.30. The van der Waals surface area contributed by atoms with Crippen molar-refractivity contribution in [2.75, 3.05) is 6.54 Å². The van der Waals surface area contributed by atoms with Gasteiger partial charge in [-0.05, 0) is 31.0 Å². The van der Waals surface area contributed by atoms with E-state index >= 15 is 0 Å². The SMILES string of the molecule is O=C(c1ccoc1)N1CCC[C@@H]1c1nc2ccccc2s1. The Morgan fingerprint density at radius 1 is 1.33 bits per heavy atom. The lowest BCUT2D eigenvalue weighted by molar-refractivity contribution is 0.0735. The van der Waals surface area contributed by atoms with Gasteiger partial charge in [-0.2, -0.15) is 0 Å². The van der Waals surface area contributed by atoms with Crippen molar-refractivity contribution in [3.05, 3.63) is 53.4 Å². The van der Waals surface area contributed by atoms with Gasteiger partial charge in [-0.25, -0.2) is 4.98 Å². The predicted molar refractivity (Wildman–Crippen MR) is 81.3 cm³/mol. The molecule has 1 amide bonds. The first kappa shape index (κ1) is 12.6. The first-order valence-electron chi connectivity index (χ1n) is 7.01. The zero-order chi connectivity index (χ0) is 14.2. The van der Waals surface area contributed by atoms with E-state index in [0.29, 0.717) is 5.56 Å². The van der Waals surface area contributed by atoms with Crippen LogP contribution in [0.3, 0.4) is 0 Å². The monoisotopic (exact) mass is 298 g/mol. The van der Waals surface area contributed by atoms with Crippen LogP contribution in [0.25, 0.3) is 10.2 Å². The Morgan fingerprint density at radius 3 is 3.05 bits per heavy atom. The van der Waals surface area contributed by atoms with Crippen LogP contribution in [0.1, 0.15) is 34.2 Å². The zero-order valence-electron chi connectivity index (χ0n) is 11.4. The molecule has 4 nitrogen and oxygen atoms in total. The molecule has 0 aliphatic carbocycles. The molecule has 1 saturated heterocycles. The highest BCUT2D eigenvalue weighted by Crippen LogP contribution is 2.37. The van der Waals surface area contributed by atoms with Crippen molar-refractivity contribution in [2.45, 2.75) is 18.9 Å². The summed E-state index contributed by atoms with van der Waals surface area (Å²) < 4.78 is 6.20. The molecule has 2 aromatic heterocycles. The molecule has 1 atom stereocenters. The summed E-state index contributed by atoms with van der Waals surface area (Å²) in [6.45, 7) is 0.782. The maximum absolute atomic E-state index is 12.5. The van der Waals surface area contributed by atoms with Gasteiger partial charge in [-0.1, -0.05) is 12.1 Å². The number of carbonyl (C=O) groups excluding carboxylic acids is 1. The van der Waals surface area contributed by atoms with Gasteiger partial charge in [0.2, 0.25) is 0 Å². The molecule has 0 saturated carbocycles. The van der Waals surface area contributed by atoms with Crippen molar-refractivity contribution in [3.8, 4) is 0 Å². The maximum Gasteiger partial charge on any atom is 0.257 e. The van der Waals surface area contributed by atoms with E-state index in [2.05, 4.69) is 6.07 Å². The topological polar surface area (TPSA) is 46.3 Å². The second-order valence-corrected chi connectivity index (χ2v) is 6.25. The highest BCUT2D eigenvalue weighted by atomic mass is 32.1. The second kappa shape index (κ2) is 5.00. The van der Waals surface area contributed by atoms with Crippen LogP contribution in [0.15, 0.2) is 47.3 Å². The Labute approximate surface area is 126 Å². The van der Waals surface area contributed by atoms with E-state index in [4.69, 9.17) is 9.40 Å². The second-order valence-electron chi connectivity index (χ2n) is 5.19. The van der Waals surface area contributed by atoms with Gasteiger partial charge in [0.15, 0.2) is 0 Å². The molecule has 3 aromatic rings. The van der Waals surface area contributed by atoms with Crippen LogP contribution < -0.4 is 0 Å². The fourth-order valence-electron chi connectivity index (χ4n) is 2.85. The maximum atomic E-state index is 12.5. The molecule has 1 aliphatic rings. The highest BCUT2D eigenvalue weighted by Gasteiger charge is 2.33. The molecule has 0 radical (unpaired) electrons. The van der Waals surface area contributed by atoms with Crippen molar-refractivity contribution in [1.82, 2.24) is 9.88 Å². The smallest absolute Gasteiger partial charge is 0.257 e. The van der Waals surface area contributed by atoms with E-state index in [-0.39, 0.29) is 11.9 Å². The molecule has 21 heavy (non-hydrogen) atoms. The number of fused-ring (bicyclic) bond motifs is 1. The minimum absolute atomic E-state index is 0.0329. The van der Waals surface area contributed by atoms with E-state index < -0.39 is 0 Å². The number of amides is 1. The van der Waals surface area contributed by atoms with Gasteiger partial charge in [0.05, 0.1) is 28.1 Å². The first-order valence-corrected chi connectivity index (χ1v) is 7.83. The molecule has 1 aromatic carbocycles. The van der Waals surface area contributed by atoms with Crippen molar-refractivity contribution in [3.63, 3.8) is 0 Å². The quantitative estimate of drug-likeness (QED) is 0.721. The van der Waals surface area contributed by atoms with Gasteiger partial charge in [-0.3, -0.25) is 4.79 Å². The fourth-order valence-corrected chi connectivity index (χ4v) is 3.97. The number of carbonyl (C=O) groups is 1. The Morgan fingerprint density at radius 2 is 2.24 bits per heavy atom. The van der Waals surface area contributed by atoms with E-state index in [0.717, 1.165) is 29.9 Å². The third-order valence-corrected chi connectivity index (χ3v) is 5.01. The van der Waals surface area contributed by atoms with Gasteiger partial charge in [0.1, 0.15) is 11.3 Å². The van der Waals surface area contributed by atoms with E-state index in [1.807, 2.05) is 23.1 Å². The first-order chi connectivity index (χ1) is 10.3. The summed E-state index contributed by atoms with van der Waals surface area (Å²) >= 11 is 1.68. The number of hydrogen-bond donors (Lipinski definition) is 0. The van der Waals surface area contributed by atoms with Gasteiger partial charge >= 0.3 is 0 Å². The minimum Gasteiger partial charge on any atom is -0.472 e. The number of aromatic nitrogens is 1. The number of benzene rings is 1. The lowest BCUT2D eigenvalue weighted by Gasteiger charge is -2.22. The van der Waals surface area contributed by atoms with Crippen LogP contribution in [0.4, 0.5) is 0 Å². The summed E-state index contributed by atoms with van der Waals surface area (Å²) in [5.74, 6) is 0.0329. The number of thiazole rings is 1. The molecule has 0 spiro atoms. The van der Waals surface area contributed by atoms with Gasteiger partial charge in [-0.15, -0.1) is 11.3 Å². The van der Waals surface area contributed by atoms with Crippen molar-refractivity contribution >= 4 is 27.5 Å². The fraction of sp³-hybridized carbons (Fsp3) is 0.250. The van der Waals surface area contributed by atoms with Crippen LogP contribution in [-0.4, -0.2) is 22.3 Å². The Balaban J connectivity index is 1.68. The normalized spacial score (nSPS) is 18.5. The molecule has 1 fully saturated rings.